The van der Waals surface area contributed by atoms with Gasteiger partial charge in [-0.15, -0.1) is 0 Å². The monoisotopic (exact) mass is 965 g/mol. The molecule has 1 saturated heterocycles. The number of nitrogens with zero attached hydrogens (tertiary/aromatic N) is 4. The number of nitrogens with one attached hydrogen (secondary N) is 2. The molecule has 0 spiro atoms. The number of carboxylic acids is 1. The van der Waals surface area contributed by atoms with Gasteiger partial charge in [0, 0.05) is 25.1 Å². The lowest BCUT2D eigenvalue weighted by molar-refractivity contribution is -0.138. The summed E-state index contributed by atoms with van der Waals surface area (Å²) < 4.78 is 96.4. The number of ether oxygens (including phenoxy) is 4. The molecule has 27 heteroatoms. The van der Waals surface area contributed by atoms with Crippen molar-refractivity contribution in [3.63, 3.8) is 0 Å². The minimum absolute atomic E-state index is 0.00962. The fourth-order valence-electron chi connectivity index (χ4n) is 5.29. The lowest BCUT2D eigenvalue weighted by atomic mass is 10.2. The number of hydrogen-bond acceptors (Lipinski definition) is 17. The molecular formula is C36H46ClFN7O15PS2. The lowest BCUT2D eigenvalue weighted by Gasteiger charge is -2.18. The summed E-state index contributed by atoms with van der Waals surface area (Å²) in [5.41, 5.74) is 5.40. The maximum Gasteiger partial charge on any atom is 0.427 e. The van der Waals surface area contributed by atoms with Crippen LogP contribution in [0.3, 0.4) is 0 Å². The van der Waals surface area contributed by atoms with Crippen molar-refractivity contribution in [2.75, 3.05) is 43.0 Å². The first-order chi connectivity index (χ1) is 29.3. The van der Waals surface area contributed by atoms with Crippen molar-refractivity contribution >= 4 is 74.5 Å². The quantitative estimate of drug-likeness (QED) is 0.110. The molecule has 2 unspecified atom stereocenters. The van der Waals surface area contributed by atoms with Crippen LogP contribution in [0.4, 0.5) is 25.6 Å². The molecule has 346 valence electrons. The Morgan fingerprint density at radius 2 is 1.70 bits per heavy atom. The number of aromatic nitrogens is 3. The number of anilines is 2. The van der Waals surface area contributed by atoms with Crippen molar-refractivity contribution < 1.29 is 73.9 Å². The van der Waals surface area contributed by atoms with Gasteiger partial charge in [0.05, 0.1) is 42.9 Å². The van der Waals surface area contributed by atoms with Crippen LogP contribution in [0.5, 0.6) is 17.5 Å². The minimum atomic E-state index is -4.61. The number of carbonyl (C=O) groups is 4. The molecule has 63 heavy (non-hydrogen) atoms. The first-order valence-corrected chi connectivity index (χ1v) is 24.3. The van der Waals surface area contributed by atoms with Gasteiger partial charge in [-0.3, -0.25) is 19.5 Å². The van der Waals surface area contributed by atoms with E-state index in [1.807, 2.05) is 0 Å². The van der Waals surface area contributed by atoms with E-state index in [9.17, 15) is 45.0 Å². The summed E-state index contributed by atoms with van der Waals surface area (Å²) in [6.07, 6.45) is 4.09. The molecule has 3 heterocycles. The Balaban J connectivity index is 0.000000274. The molecule has 0 bridgehead atoms. The molecule has 1 aliphatic carbocycles. The number of sulfone groups is 1. The van der Waals surface area contributed by atoms with Gasteiger partial charge in [0.25, 0.3) is 10.0 Å². The van der Waals surface area contributed by atoms with E-state index in [-0.39, 0.29) is 64.4 Å². The number of carboxylic acid groups (broad SMARTS) is 1. The third-order valence-corrected chi connectivity index (χ3v) is 13.1. The second-order valence-electron chi connectivity index (χ2n) is 13.7. The number of pyridine rings is 1. The predicted molar refractivity (Wildman–Crippen MR) is 224 cm³/mol. The molecule has 2 fully saturated rings. The molecule has 0 radical (unpaired) electrons. The topological polar surface area (TPSA) is 323 Å². The molecule has 1 saturated carbocycles. The number of urea groups is 1. The number of imide groups is 1. The molecule has 5 rings (SSSR count). The Labute approximate surface area is 366 Å². The van der Waals surface area contributed by atoms with Gasteiger partial charge >= 0.3 is 24.0 Å². The van der Waals surface area contributed by atoms with Crippen molar-refractivity contribution in [2.45, 2.75) is 74.9 Å². The standard InChI is InChI=1S/C17H17ClFNO4.C14H17N5O7S2.C5H12NO4P/c1-9(2)15-16(21)20(17(22)24-15)13-8-14(11(18)7-12(13)19)23-10-5-3-4-6-10;1-4-27(21,22)9-6-5-7-15-12(9)28(23,24)19-14(20)18-13-16-10(25-2)8-11(17-13)26-3;1-11(9,10)3-2-4(6)5(7)8/h7-8,10H,3-6H2,1-2H3;5-8H,4H2,1-3H3,(H2,16,17,18,19,20);4H,2-3,6H2,1H3,(H,7,8)(H,9,10). The third kappa shape index (κ3) is 14.8. The van der Waals surface area contributed by atoms with Crippen LogP contribution in [-0.4, -0.2) is 111 Å². The number of nitrogens with two attached hydrogens (primary N) is 1. The zero-order valence-electron chi connectivity index (χ0n) is 34.7. The lowest BCUT2D eigenvalue weighted by Crippen LogP contribution is -2.36. The van der Waals surface area contributed by atoms with Crippen molar-refractivity contribution in [3.05, 3.63) is 58.7 Å². The number of allylic oxidation sites excluding steroid dienone is 1. The highest BCUT2D eigenvalue weighted by atomic mass is 35.5. The first kappa shape index (κ1) is 51.9. The fourth-order valence-corrected chi connectivity index (χ4v) is 8.79. The van der Waals surface area contributed by atoms with E-state index in [4.69, 9.17) is 46.3 Å². The second-order valence-corrected chi connectivity index (χ2v) is 20.5. The normalized spacial score (nSPS) is 15.4. The third-order valence-electron chi connectivity index (χ3n) is 8.49. The zero-order valence-corrected chi connectivity index (χ0v) is 37.9. The summed E-state index contributed by atoms with van der Waals surface area (Å²) in [5, 5.41) is 9.69. The predicted octanol–water partition coefficient (Wildman–Crippen LogP) is 4.46. The number of hydrogen-bond donors (Lipinski definition) is 5. The van der Waals surface area contributed by atoms with Crippen molar-refractivity contribution in [3.8, 4) is 17.5 Å². The van der Waals surface area contributed by atoms with Gasteiger partial charge in [-0.25, -0.2) is 37.0 Å². The van der Waals surface area contributed by atoms with Crippen LogP contribution in [0.2, 0.25) is 5.02 Å². The van der Waals surface area contributed by atoms with Crippen LogP contribution in [-0.2, 0) is 38.8 Å². The molecule has 1 aromatic carbocycles. The molecule has 6 N–H and O–H groups in total. The van der Waals surface area contributed by atoms with E-state index in [1.54, 1.807) is 18.6 Å². The average molecular weight is 966 g/mol. The van der Waals surface area contributed by atoms with Gasteiger partial charge in [0.1, 0.15) is 22.5 Å². The number of carbonyl (C=O) groups excluding carboxylic acids is 3. The van der Waals surface area contributed by atoms with Gasteiger partial charge < -0.3 is 34.7 Å². The molecule has 22 nitrogen and oxygen atoms in total. The minimum Gasteiger partial charge on any atom is -0.489 e. The number of amides is 4. The maximum atomic E-state index is 14.3. The first-order valence-electron chi connectivity index (χ1n) is 18.5. The summed E-state index contributed by atoms with van der Waals surface area (Å²) >= 11 is 6.04. The Hall–Kier alpha value is -5.46. The van der Waals surface area contributed by atoms with Gasteiger partial charge in [-0.05, 0) is 69.7 Å². The number of halogens is 2. The van der Waals surface area contributed by atoms with E-state index in [1.165, 1.54) is 46.0 Å². The zero-order chi connectivity index (χ0) is 47.4. The van der Waals surface area contributed by atoms with E-state index < -0.39 is 73.0 Å². The number of cyclic esters (lactones) is 1. The van der Waals surface area contributed by atoms with Crippen LogP contribution in [0.1, 0.15) is 52.9 Å². The van der Waals surface area contributed by atoms with Crippen LogP contribution in [0.15, 0.2) is 57.8 Å². The summed E-state index contributed by atoms with van der Waals surface area (Å²) in [6.45, 7) is 5.81. The number of rotatable bonds is 14. The summed E-state index contributed by atoms with van der Waals surface area (Å²) in [6, 6.07) is 3.77. The SMILES string of the molecule is CC(C)=C1OC(=O)N(c2cc(OC3CCCC3)c(Cl)cc2F)C1=O.CCS(=O)(=O)c1cccnc1S(=O)(=O)NC(=O)Nc1nc(OC)cc(OC)n1.CP(=O)(O)CCC(N)C(=O)O. The Bertz CT molecular complexity index is 2480. The summed E-state index contributed by atoms with van der Waals surface area (Å²) in [5.74, 6) is -2.99. The largest absolute Gasteiger partial charge is 0.489 e. The average Bonchev–Trinajstić information content (AvgIpc) is 3.84. The van der Waals surface area contributed by atoms with Crippen molar-refractivity contribution in [1.29, 1.82) is 0 Å². The van der Waals surface area contributed by atoms with Gasteiger partial charge in [0.15, 0.2) is 28.0 Å². The number of benzene rings is 1. The van der Waals surface area contributed by atoms with Crippen molar-refractivity contribution in [1.82, 2.24) is 19.7 Å². The van der Waals surface area contributed by atoms with Crippen LogP contribution >= 0.6 is 19.0 Å². The molecule has 3 aromatic rings. The molecule has 2 aliphatic rings. The van der Waals surface area contributed by atoms with E-state index in [2.05, 4.69) is 20.3 Å². The highest BCUT2D eigenvalue weighted by molar-refractivity contribution is 7.93. The van der Waals surface area contributed by atoms with Crippen molar-refractivity contribution in [2.24, 2.45) is 5.73 Å². The number of sulfonamides is 1. The fraction of sp³-hybridized carbons (Fsp3) is 0.417. The van der Waals surface area contributed by atoms with Crippen LogP contribution in [0.25, 0.3) is 0 Å². The highest BCUT2D eigenvalue weighted by Crippen LogP contribution is 2.38. The highest BCUT2D eigenvalue weighted by Gasteiger charge is 2.40. The van der Waals surface area contributed by atoms with Gasteiger partial charge in [-0.2, -0.15) is 18.4 Å². The Morgan fingerprint density at radius 1 is 1.10 bits per heavy atom. The number of aliphatic carboxylic acids is 1. The van der Waals surface area contributed by atoms with Gasteiger partial charge in [0.2, 0.25) is 17.7 Å². The molecule has 4 amide bonds. The Kier molecular flexibility index (Phi) is 18.3. The Morgan fingerprint density at radius 3 is 2.21 bits per heavy atom. The molecule has 2 aromatic heterocycles. The summed E-state index contributed by atoms with van der Waals surface area (Å²) in [4.78, 5) is 66.7. The van der Waals surface area contributed by atoms with E-state index in [0.717, 1.165) is 44.0 Å². The van der Waals surface area contributed by atoms with Crippen LogP contribution < -0.4 is 34.9 Å². The van der Waals surface area contributed by atoms with E-state index in [0.29, 0.717) is 10.5 Å². The maximum absolute atomic E-state index is 14.3. The van der Waals surface area contributed by atoms with Gasteiger partial charge in [-0.1, -0.05) is 18.5 Å². The molecular weight excluding hydrogens is 920 g/mol. The van der Waals surface area contributed by atoms with Crippen LogP contribution in [0, 0.1) is 5.82 Å². The number of methoxy groups -OCH3 is 2. The van der Waals surface area contributed by atoms with E-state index >= 15 is 0 Å². The summed E-state index contributed by atoms with van der Waals surface area (Å²) in [7, 11) is -8.95. The molecule has 1 aliphatic heterocycles. The molecule has 2 atom stereocenters. The smallest absolute Gasteiger partial charge is 0.427 e. The second kappa shape index (κ2) is 22.2.